The third kappa shape index (κ3) is 6.09. The molecule has 2 aromatic carbocycles. The summed E-state index contributed by atoms with van der Waals surface area (Å²) in [6.45, 7) is 1.72. The van der Waals surface area contributed by atoms with E-state index >= 15 is 0 Å². The molecule has 2 fully saturated rings. The number of aliphatic carboxylic acids is 1. The minimum absolute atomic E-state index is 0.0200. The smallest absolute Gasteiger partial charge is 0.304 e. The van der Waals surface area contributed by atoms with E-state index in [0.717, 1.165) is 35.3 Å². The van der Waals surface area contributed by atoms with Crippen molar-refractivity contribution < 1.29 is 23.1 Å². The normalized spacial score (nSPS) is 24.2. The van der Waals surface area contributed by atoms with Crippen molar-refractivity contribution in [1.82, 2.24) is 9.62 Å². The number of hydrogen-bond acceptors (Lipinski definition) is 5. The van der Waals surface area contributed by atoms with Crippen LogP contribution in [0.15, 0.2) is 70.3 Å². The van der Waals surface area contributed by atoms with Crippen molar-refractivity contribution in [3.63, 3.8) is 0 Å². The Morgan fingerprint density at radius 2 is 1.82 bits per heavy atom. The first-order valence-electron chi connectivity index (χ1n) is 13.1. The van der Waals surface area contributed by atoms with Gasteiger partial charge in [-0.3, -0.25) is 9.59 Å². The number of hydrogen-bond donors (Lipinski definition) is 2. The summed E-state index contributed by atoms with van der Waals surface area (Å²) in [5, 5.41) is 12.6. The maximum Gasteiger partial charge on any atom is 0.304 e. The SMILES string of the molecule is C[C@]1(CC(=O)O)C[C@H](c2cccc(Cl)c2)C(c2ccc(Cl)cc2)N([C@H](CNS(=O)(=O)c2cccs2)C2CC2)C1=O. The molecule has 7 nitrogen and oxygen atoms in total. The van der Waals surface area contributed by atoms with Gasteiger partial charge in [0.2, 0.25) is 15.9 Å². The Labute approximate surface area is 248 Å². The number of piperidine rings is 1. The molecule has 11 heteroatoms. The van der Waals surface area contributed by atoms with Crippen LogP contribution in [0.25, 0.3) is 0 Å². The van der Waals surface area contributed by atoms with Crippen molar-refractivity contribution >= 4 is 56.4 Å². The topological polar surface area (TPSA) is 104 Å². The van der Waals surface area contributed by atoms with Gasteiger partial charge in [-0.15, -0.1) is 11.3 Å². The molecule has 2 N–H and O–H groups in total. The summed E-state index contributed by atoms with van der Waals surface area (Å²) in [7, 11) is -3.78. The maximum atomic E-state index is 14.4. The van der Waals surface area contributed by atoms with E-state index in [1.54, 1.807) is 47.5 Å². The quantitative estimate of drug-likeness (QED) is 0.275. The number of benzene rings is 2. The molecule has 1 aliphatic heterocycles. The Hall–Kier alpha value is -2.43. The van der Waals surface area contributed by atoms with Crippen molar-refractivity contribution in [3.8, 4) is 0 Å². The van der Waals surface area contributed by atoms with Gasteiger partial charge in [0.05, 0.1) is 17.9 Å². The van der Waals surface area contributed by atoms with E-state index in [0.29, 0.717) is 16.5 Å². The van der Waals surface area contributed by atoms with E-state index in [-0.39, 0.29) is 34.9 Å². The van der Waals surface area contributed by atoms with Gasteiger partial charge in [0.15, 0.2) is 0 Å². The highest BCUT2D eigenvalue weighted by molar-refractivity contribution is 7.91. The molecule has 1 saturated carbocycles. The highest BCUT2D eigenvalue weighted by atomic mass is 35.5. The van der Waals surface area contributed by atoms with Gasteiger partial charge in [-0.05, 0) is 72.0 Å². The minimum Gasteiger partial charge on any atom is -0.481 e. The third-order valence-corrected chi connectivity index (χ3v) is 11.2. The van der Waals surface area contributed by atoms with Crippen LogP contribution in [0.1, 0.15) is 55.7 Å². The molecule has 1 aliphatic carbocycles. The standard InChI is InChI=1S/C29H30Cl2N2O5S2/c1-29(16-25(34)35)15-23(20-4-2-5-22(31)14-20)27(19-9-11-21(30)12-10-19)33(28(29)36)24(18-7-8-18)17-32-40(37,38)26-6-3-13-39-26/h2-6,9-14,18,23-24,27,32H,7-8,15-17H2,1H3,(H,34,35)/t23-,24-,27?,29-/m1/s1. The summed E-state index contributed by atoms with van der Waals surface area (Å²) in [6, 6.07) is 17.0. The second-order valence-electron chi connectivity index (χ2n) is 10.9. The Balaban J connectivity index is 1.63. The first kappa shape index (κ1) is 29.1. The zero-order chi connectivity index (χ0) is 28.7. The Bertz CT molecular complexity index is 1490. The van der Waals surface area contributed by atoms with Crippen molar-refractivity contribution in [1.29, 1.82) is 0 Å². The maximum absolute atomic E-state index is 14.4. The van der Waals surface area contributed by atoms with Crippen LogP contribution in [-0.2, 0) is 19.6 Å². The van der Waals surface area contributed by atoms with Crippen molar-refractivity contribution in [2.24, 2.45) is 11.3 Å². The lowest BCUT2D eigenvalue weighted by Crippen LogP contribution is -2.59. The number of rotatable bonds is 10. The van der Waals surface area contributed by atoms with Crippen LogP contribution in [0.5, 0.6) is 0 Å². The Kier molecular flexibility index (Phi) is 8.32. The van der Waals surface area contributed by atoms with Gasteiger partial charge in [-0.25, -0.2) is 13.1 Å². The van der Waals surface area contributed by atoms with E-state index in [9.17, 15) is 23.1 Å². The fourth-order valence-electron chi connectivity index (χ4n) is 5.90. The lowest BCUT2D eigenvalue weighted by molar-refractivity contribution is -0.161. The van der Waals surface area contributed by atoms with Crippen molar-refractivity contribution in [3.05, 3.63) is 87.2 Å². The van der Waals surface area contributed by atoms with E-state index in [2.05, 4.69) is 4.72 Å². The van der Waals surface area contributed by atoms with Crippen LogP contribution in [0.4, 0.5) is 0 Å². The Morgan fingerprint density at radius 3 is 2.42 bits per heavy atom. The van der Waals surface area contributed by atoms with Crippen LogP contribution < -0.4 is 4.72 Å². The molecule has 0 radical (unpaired) electrons. The van der Waals surface area contributed by atoms with Crippen LogP contribution in [0, 0.1) is 11.3 Å². The third-order valence-electron chi connectivity index (χ3n) is 7.90. The predicted octanol–water partition coefficient (Wildman–Crippen LogP) is 6.35. The van der Waals surface area contributed by atoms with E-state index in [4.69, 9.17) is 23.2 Å². The number of carbonyl (C=O) groups is 2. The first-order chi connectivity index (χ1) is 19.0. The van der Waals surface area contributed by atoms with Crippen LogP contribution >= 0.6 is 34.5 Å². The summed E-state index contributed by atoms with van der Waals surface area (Å²) in [6.07, 6.45) is 1.64. The number of thiophene rings is 1. The fourth-order valence-corrected chi connectivity index (χ4v) is 8.31. The number of nitrogens with zero attached hydrogens (tertiary/aromatic N) is 1. The lowest BCUT2D eigenvalue weighted by Gasteiger charge is -2.52. The van der Waals surface area contributed by atoms with Gasteiger partial charge in [0.25, 0.3) is 0 Å². The number of carboxylic acids is 1. The molecule has 4 atom stereocenters. The second-order valence-corrected chi connectivity index (χ2v) is 14.7. The van der Waals surface area contributed by atoms with E-state index < -0.39 is 33.5 Å². The Morgan fingerprint density at radius 1 is 1.10 bits per heavy atom. The molecule has 1 aromatic heterocycles. The zero-order valence-corrected chi connectivity index (χ0v) is 24.9. The summed E-state index contributed by atoms with van der Waals surface area (Å²) in [5.74, 6) is -1.57. The monoisotopic (exact) mass is 620 g/mol. The van der Waals surface area contributed by atoms with Gasteiger partial charge in [0, 0.05) is 28.5 Å². The predicted molar refractivity (Wildman–Crippen MR) is 156 cm³/mol. The van der Waals surface area contributed by atoms with E-state index in [1.807, 2.05) is 30.3 Å². The number of likely N-dealkylation sites (tertiary alicyclic amines) is 1. The molecule has 0 bridgehead atoms. The number of halogens is 2. The zero-order valence-electron chi connectivity index (χ0n) is 21.8. The minimum atomic E-state index is -3.78. The number of sulfonamides is 1. The van der Waals surface area contributed by atoms with Crippen LogP contribution in [-0.4, -0.2) is 42.9 Å². The summed E-state index contributed by atoms with van der Waals surface area (Å²) in [4.78, 5) is 28.2. The van der Waals surface area contributed by atoms with Gasteiger partial charge < -0.3 is 10.0 Å². The molecule has 1 saturated heterocycles. The summed E-state index contributed by atoms with van der Waals surface area (Å²) < 4.78 is 29.1. The fraction of sp³-hybridized carbons (Fsp3) is 0.379. The molecule has 3 aromatic rings. The van der Waals surface area contributed by atoms with Crippen molar-refractivity contribution in [2.45, 2.75) is 54.8 Å². The molecular formula is C29H30Cl2N2O5S2. The molecule has 40 heavy (non-hydrogen) atoms. The van der Waals surface area contributed by atoms with E-state index in [1.165, 1.54) is 0 Å². The second kappa shape index (κ2) is 11.4. The van der Waals surface area contributed by atoms with Crippen LogP contribution in [0.3, 0.4) is 0 Å². The average molecular weight is 622 g/mol. The highest BCUT2D eigenvalue weighted by Crippen LogP contribution is 2.54. The first-order valence-corrected chi connectivity index (χ1v) is 16.2. The molecule has 1 amide bonds. The number of amides is 1. The summed E-state index contributed by atoms with van der Waals surface area (Å²) in [5.41, 5.74) is 0.517. The molecule has 212 valence electrons. The number of nitrogens with one attached hydrogen (secondary N) is 1. The van der Waals surface area contributed by atoms with Gasteiger partial charge in [0.1, 0.15) is 4.21 Å². The number of carboxylic acid groups (broad SMARTS) is 1. The molecule has 1 unspecified atom stereocenters. The molecule has 2 aliphatic rings. The molecule has 0 spiro atoms. The lowest BCUT2D eigenvalue weighted by atomic mass is 9.67. The van der Waals surface area contributed by atoms with Crippen LogP contribution in [0.2, 0.25) is 10.0 Å². The average Bonchev–Trinajstić information content (AvgIpc) is 3.57. The van der Waals surface area contributed by atoms with Gasteiger partial charge >= 0.3 is 5.97 Å². The molecule has 2 heterocycles. The highest BCUT2D eigenvalue weighted by Gasteiger charge is 2.54. The largest absolute Gasteiger partial charge is 0.481 e. The number of carbonyl (C=O) groups excluding carboxylic acids is 1. The molecular weight excluding hydrogens is 591 g/mol. The van der Waals surface area contributed by atoms with Gasteiger partial charge in [-0.2, -0.15) is 0 Å². The molecule has 5 rings (SSSR count). The summed E-state index contributed by atoms with van der Waals surface area (Å²) >= 11 is 13.8. The van der Waals surface area contributed by atoms with Gasteiger partial charge in [-0.1, -0.05) is 60.5 Å². The van der Waals surface area contributed by atoms with Crippen molar-refractivity contribution in [2.75, 3.05) is 6.54 Å².